The molecule has 0 N–H and O–H groups in total. The number of hydrogen-bond acceptors (Lipinski definition) is 4. The molecule has 0 heterocycles. The minimum atomic E-state index is -0.0776. The third-order valence-corrected chi connectivity index (χ3v) is 1.37. The Kier molecular flexibility index (Phi) is 4.68. The second kappa shape index (κ2) is 5.51. The van der Waals surface area contributed by atoms with E-state index in [1.54, 1.807) is 12.1 Å². The number of allylic oxidation sites excluding steroid dienone is 1. The topological polar surface area (TPSA) is 54.1 Å². The van der Waals surface area contributed by atoms with Crippen molar-refractivity contribution in [2.24, 2.45) is 0 Å². The molecule has 0 bridgehead atoms. The maximum absolute atomic E-state index is 8.47. The zero-order valence-corrected chi connectivity index (χ0v) is 8.79. The van der Waals surface area contributed by atoms with Gasteiger partial charge in [0.1, 0.15) is 12.1 Å². The molecule has 0 aliphatic heterocycles. The smallest absolute Gasteiger partial charge is 0.179 e. The second-order valence-electron chi connectivity index (χ2n) is 2.96. The van der Waals surface area contributed by atoms with Crippen molar-refractivity contribution < 1.29 is 0 Å². The van der Waals surface area contributed by atoms with Crippen molar-refractivity contribution in [1.82, 2.24) is 9.80 Å². The lowest BCUT2D eigenvalue weighted by Crippen LogP contribution is -2.23. The number of hydrogen-bond donors (Lipinski definition) is 0. The van der Waals surface area contributed by atoms with Gasteiger partial charge in [0, 0.05) is 28.2 Å². The highest BCUT2D eigenvalue weighted by atomic mass is 15.3. The van der Waals surface area contributed by atoms with Crippen LogP contribution in [-0.2, 0) is 0 Å². The van der Waals surface area contributed by atoms with Crippen LogP contribution in [0.15, 0.2) is 22.9 Å². The molecule has 0 saturated carbocycles. The van der Waals surface area contributed by atoms with Crippen LogP contribution in [0.5, 0.6) is 0 Å². The van der Waals surface area contributed by atoms with Crippen molar-refractivity contribution in [1.29, 1.82) is 10.5 Å². The molecule has 0 aromatic rings. The lowest BCUT2D eigenvalue weighted by Gasteiger charge is -2.21. The normalized spacial score (nSPS) is 7.29. The fraction of sp³-hybridized carbons (Fsp3) is 0.400. The molecule has 4 heteroatoms. The van der Waals surface area contributed by atoms with Crippen LogP contribution in [0, 0.1) is 22.7 Å². The van der Waals surface area contributed by atoms with Gasteiger partial charge in [-0.2, -0.15) is 10.5 Å². The first-order chi connectivity index (χ1) is 6.52. The first-order valence-corrected chi connectivity index (χ1v) is 3.93. The van der Waals surface area contributed by atoms with Gasteiger partial charge in [0.25, 0.3) is 0 Å². The molecule has 0 spiro atoms. The van der Waals surface area contributed by atoms with E-state index in [1.807, 2.05) is 38.0 Å². The van der Waals surface area contributed by atoms with E-state index in [0.29, 0.717) is 0 Å². The number of nitriles is 2. The van der Waals surface area contributed by atoms with Crippen LogP contribution >= 0.6 is 0 Å². The van der Waals surface area contributed by atoms with E-state index >= 15 is 0 Å². The van der Waals surface area contributed by atoms with Gasteiger partial charge in [-0.1, -0.05) is 0 Å². The Morgan fingerprint density at radius 2 is 1.29 bits per heavy atom. The molecule has 0 aromatic carbocycles. The highest BCUT2D eigenvalue weighted by molar-refractivity contribution is 5.34. The van der Waals surface area contributed by atoms with Crippen molar-refractivity contribution in [3.05, 3.63) is 22.9 Å². The van der Waals surface area contributed by atoms with E-state index < -0.39 is 0 Å². The van der Waals surface area contributed by atoms with Crippen molar-refractivity contribution in [2.75, 3.05) is 28.2 Å². The van der Waals surface area contributed by atoms with Gasteiger partial charge < -0.3 is 9.80 Å². The summed E-state index contributed by atoms with van der Waals surface area (Å²) in [5.74, 6) is 0.744. The minimum Gasteiger partial charge on any atom is -0.357 e. The third kappa shape index (κ3) is 3.52. The second-order valence-corrected chi connectivity index (χ2v) is 2.96. The van der Waals surface area contributed by atoms with E-state index in [9.17, 15) is 0 Å². The number of rotatable bonds is 2. The Hall–Kier alpha value is -2.12. The van der Waals surface area contributed by atoms with Gasteiger partial charge in [-0.25, -0.2) is 0 Å². The molecule has 72 valence electrons. The van der Waals surface area contributed by atoms with Gasteiger partial charge in [-0.15, -0.1) is 0 Å². The Morgan fingerprint density at radius 1 is 0.857 bits per heavy atom. The van der Waals surface area contributed by atoms with E-state index in [1.165, 1.54) is 0 Å². The van der Waals surface area contributed by atoms with Crippen molar-refractivity contribution >= 4 is 0 Å². The summed E-state index contributed by atoms with van der Waals surface area (Å²) in [4.78, 5) is 3.64. The van der Waals surface area contributed by atoms with E-state index in [4.69, 9.17) is 10.5 Å². The van der Waals surface area contributed by atoms with Gasteiger partial charge >= 0.3 is 0 Å². The monoisotopic (exact) mass is 188 g/mol. The van der Waals surface area contributed by atoms with Gasteiger partial charge in [-0.05, 0) is 11.5 Å². The lowest BCUT2D eigenvalue weighted by molar-refractivity contribution is 0.344. The van der Waals surface area contributed by atoms with Crippen LogP contribution in [0.1, 0.15) is 0 Å². The van der Waals surface area contributed by atoms with Crippen molar-refractivity contribution in [2.45, 2.75) is 0 Å². The average Bonchev–Trinajstić information content (AvgIpc) is 2.11. The van der Waals surface area contributed by atoms with Crippen LogP contribution < -0.4 is 0 Å². The standard InChI is InChI=1S/C10H12N4/c1-13(2)10(14(3)4)6-5-9(7-11)8-12/h1-4H3. The summed E-state index contributed by atoms with van der Waals surface area (Å²) in [7, 11) is 7.40. The molecular weight excluding hydrogens is 176 g/mol. The third-order valence-electron chi connectivity index (χ3n) is 1.37. The molecule has 0 aromatic heterocycles. The van der Waals surface area contributed by atoms with Gasteiger partial charge in [0.2, 0.25) is 0 Å². The maximum Gasteiger partial charge on any atom is 0.179 e. The SMILES string of the molecule is CN(C)C(=C=C=C(C#N)C#N)N(C)C. The van der Waals surface area contributed by atoms with E-state index in [0.717, 1.165) is 5.82 Å². The molecule has 0 aliphatic carbocycles. The Bertz CT molecular complexity index is 351. The summed E-state index contributed by atoms with van der Waals surface area (Å²) in [5.41, 5.74) is 5.19. The van der Waals surface area contributed by atoms with Crippen LogP contribution in [0.25, 0.3) is 0 Å². The minimum absolute atomic E-state index is 0.0776. The Balaban J connectivity index is 5.45. The molecule has 0 radical (unpaired) electrons. The molecule has 0 fully saturated rings. The molecule has 0 amide bonds. The molecule has 0 saturated heterocycles. The maximum atomic E-state index is 8.47. The summed E-state index contributed by atoms with van der Waals surface area (Å²) >= 11 is 0. The first kappa shape index (κ1) is 11.9. The van der Waals surface area contributed by atoms with Crippen LogP contribution in [0.3, 0.4) is 0 Å². The van der Waals surface area contributed by atoms with Crippen LogP contribution in [-0.4, -0.2) is 38.0 Å². The van der Waals surface area contributed by atoms with Gasteiger partial charge in [0.15, 0.2) is 11.4 Å². The van der Waals surface area contributed by atoms with Crippen molar-refractivity contribution in [3.63, 3.8) is 0 Å². The zero-order chi connectivity index (χ0) is 11.1. The van der Waals surface area contributed by atoms with Crippen LogP contribution in [0.4, 0.5) is 0 Å². The largest absolute Gasteiger partial charge is 0.357 e. The summed E-state index contributed by atoms with van der Waals surface area (Å²) in [6, 6.07) is 3.43. The predicted molar refractivity (Wildman–Crippen MR) is 52.7 cm³/mol. The van der Waals surface area contributed by atoms with Crippen molar-refractivity contribution in [3.8, 4) is 12.1 Å². The first-order valence-electron chi connectivity index (χ1n) is 3.93. The van der Waals surface area contributed by atoms with E-state index in [2.05, 4.69) is 11.5 Å². The Labute approximate surface area is 84.3 Å². The molecule has 14 heavy (non-hydrogen) atoms. The summed E-state index contributed by atoms with van der Waals surface area (Å²) in [5, 5.41) is 16.9. The quantitative estimate of drug-likeness (QED) is 0.472. The summed E-state index contributed by atoms with van der Waals surface area (Å²) in [6.45, 7) is 0. The molecule has 0 rings (SSSR count). The van der Waals surface area contributed by atoms with Gasteiger partial charge in [-0.3, -0.25) is 0 Å². The molecule has 4 nitrogen and oxygen atoms in total. The van der Waals surface area contributed by atoms with Gasteiger partial charge in [0.05, 0.1) is 0 Å². The average molecular weight is 188 g/mol. The highest BCUT2D eigenvalue weighted by Crippen LogP contribution is 1.98. The lowest BCUT2D eigenvalue weighted by atomic mass is 10.3. The fourth-order valence-electron chi connectivity index (χ4n) is 0.823. The van der Waals surface area contributed by atoms with E-state index in [-0.39, 0.29) is 5.57 Å². The molecule has 0 atom stereocenters. The Morgan fingerprint density at radius 3 is 1.57 bits per heavy atom. The molecule has 0 unspecified atom stereocenters. The highest BCUT2D eigenvalue weighted by Gasteiger charge is 1.99. The molecular formula is C10H12N4. The summed E-state index contributed by atoms with van der Waals surface area (Å²) < 4.78 is 0. The zero-order valence-electron chi connectivity index (χ0n) is 8.79. The fourth-order valence-corrected chi connectivity index (χ4v) is 0.823. The number of nitrogens with zero attached hydrogens (tertiary/aromatic N) is 4. The van der Waals surface area contributed by atoms with Crippen LogP contribution in [0.2, 0.25) is 0 Å². The predicted octanol–water partition coefficient (Wildman–Crippen LogP) is 0.679. The molecule has 0 aliphatic rings. The summed E-state index contributed by atoms with van der Waals surface area (Å²) in [6.07, 6.45) is 0.